The first-order valence-corrected chi connectivity index (χ1v) is 11.9. The Morgan fingerprint density at radius 1 is 1.06 bits per heavy atom. The fourth-order valence-electron chi connectivity index (χ4n) is 4.18. The van der Waals surface area contributed by atoms with Gasteiger partial charge in [-0.15, -0.1) is 0 Å². The Morgan fingerprint density at radius 2 is 1.69 bits per heavy atom. The highest BCUT2D eigenvalue weighted by atomic mass is 16.3. The number of piperazine rings is 1. The van der Waals surface area contributed by atoms with E-state index in [2.05, 4.69) is 25.3 Å². The maximum atomic E-state index is 13.0. The van der Waals surface area contributed by atoms with E-state index >= 15 is 0 Å². The fourth-order valence-corrected chi connectivity index (χ4v) is 4.18. The molecular formula is C25H31N7O4. The van der Waals surface area contributed by atoms with Gasteiger partial charge in [-0.2, -0.15) is 4.68 Å². The molecule has 0 saturated carbocycles. The zero-order chi connectivity index (χ0) is 25.8. The molecule has 0 atom stereocenters. The van der Waals surface area contributed by atoms with E-state index in [1.807, 2.05) is 11.9 Å². The van der Waals surface area contributed by atoms with Crippen LogP contribution in [0, 0.1) is 13.8 Å². The number of hydrogen-bond acceptors (Lipinski definition) is 7. The Balaban J connectivity index is 1.47. The predicted molar refractivity (Wildman–Crippen MR) is 133 cm³/mol. The van der Waals surface area contributed by atoms with Crippen molar-refractivity contribution >= 4 is 11.8 Å². The molecule has 1 aromatic carbocycles. The van der Waals surface area contributed by atoms with Crippen LogP contribution in [0.5, 0.6) is 0 Å². The van der Waals surface area contributed by atoms with E-state index in [0.29, 0.717) is 30.0 Å². The Bertz CT molecular complexity index is 1280. The van der Waals surface area contributed by atoms with Gasteiger partial charge in [-0.3, -0.25) is 19.5 Å². The summed E-state index contributed by atoms with van der Waals surface area (Å²) < 4.78 is 1.12. The minimum absolute atomic E-state index is 0.000139. The lowest BCUT2D eigenvalue weighted by atomic mass is 10.1. The highest BCUT2D eigenvalue weighted by Crippen LogP contribution is 2.11. The van der Waals surface area contributed by atoms with Crippen LogP contribution in [0.15, 0.2) is 35.1 Å². The van der Waals surface area contributed by atoms with Crippen LogP contribution in [0.1, 0.15) is 43.4 Å². The Kier molecular flexibility index (Phi) is 7.61. The van der Waals surface area contributed by atoms with Crippen molar-refractivity contribution in [1.29, 1.82) is 0 Å². The second-order valence-corrected chi connectivity index (χ2v) is 9.01. The number of aliphatic hydroxyl groups is 1. The molecule has 1 saturated heterocycles. The maximum absolute atomic E-state index is 13.0. The molecule has 190 valence electrons. The lowest BCUT2D eigenvalue weighted by molar-refractivity contribution is 0.0664. The molecular weight excluding hydrogens is 462 g/mol. The third-order valence-electron chi connectivity index (χ3n) is 6.19. The van der Waals surface area contributed by atoms with Crippen LogP contribution >= 0.6 is 0 Å². The second-order valence-electron chi connectivity index (χ2n) is 9.01. The molecule has 3 N–H and O–H groups in total. The number of hydrogen-bond donors (Lipinski definition) is 3. The lowest BCUT2D eigenvalue weighted by Crippen LogP contribution is -2.47. The van der Waals surface area contributed by atoms with E-state index in [1.165, 1.54) is 0 Å². The number of nitrogens with one attached hydrogen (secondary N) is 2. The molecule has 11 heteroatoms. The number of benzene rings is 1. The third kappa shape index (κ3) is 5.52. The monoisotopic (exact) mass is 493 g/mol. The summed E-state index contributed by atoms with van der Waals surface area (Å²) in [6.07, 6.45) is 0.0129. The van der Waals surface area contributed by atoms with Crippen LogP contribution < -0.4 is 10.9 Å². The molecule has 0 spiro atoms. The number of nitrogens with zero attached hydrogens (tertiary/aromatic N) is 5. The van der Waals surface area contributed by atoms with Crippen LogP contribution in [-0.2, 0) is 13.0 Å². The lowest BCUT2D eigenvalue weighted by Gasteiger charge is -2.32. The van der Waals surface area contributed by atoms with Gasteiger partial charge in [0.25, 0.3) is 23.3 Å². The first-order chi connectivity index (χ1) is 17.3. The smallest absolute Gasteiger partial charge is 0.277 e. The quantitative estimate of drug-likeness (QED) is 0.434. The van der Waals surface area contributed by atoms with Gasteiger partial charge in [-0.1, -0.05) is 12.1 Å². The molecule has 11 nitrogen and oxygen atoms in total. The first kappa shape index (κ1) is 25.3. The van der Waals surface area contributed by atoms with Gasteiger partial charge in [-0.25, -0.2) is 9.97 Å². The van der Waals surface area contributed by atoms with Crippen molar-refractivity contribution in [2.24, 2.45) is 0 Å². The number of H-pyrrole nitrogens is 1. The zero-order valence-corrected chi connectivity index (χ0v) is 20.7. The number of aliphatic hydroxyl groups excluding tert-OH is 1. The number of aromatic amines is 1. The van der Waals surface area contributed by atoms with Gasteiger partial charge in [0.15, 0.2) is 0 Å². The molecule has 0 radical (unpaired) electrons. The highest BCUT2D eigenvalue weighted by molar-refractivity contribution is 5.95. The summed E-state index contributed by atoms with van der Waals surface area (Å²) in [7, 11) is 2.04. The minimum Gasteiger partial charge on any atom is -0.396 e. The molecule has 1 fully saturated rings. The van der Waals surface area contributed by atoms with Crippen LogP contribution in [0.4, 0.5) is 0 Å². The molecule has 2 amide bonds. The number of amides is 2. The van der Waals surface area contributed by atoms with Crippen molar-refractivity contribution < 1.29 is 14.7 Å². The minimum atomic E-state index is -0.490. The van der Waals surface area contributed by atoms with Crippen molar-refractivity contribution in [3.63, 3.8) is 0 Å². The molecule has 3 heterocycles. The molecule has 3 aromatic rings. The largest absolute Gasteiger partial charge is 0.396 e. The molecule has 0 unspecified atom stereocenters. The van der Waals surface area contributed by atoms with Gasteiger partial charge in [0.05, 0.1) is 5.56 Å². The summed E-state index contributed by atoms with van der Waals surface area (Å²) in [5.41, 5.74) is 2.51. The number of carbonyl (C=O) groups excluding carboxylic acids is 2. The summed E-state index contributed by atoms with van der Waals surface area (Å²) in [6.45, 7) is 6.61. The molecule has 0 aliphatic carbocycles. The van der Waals surface area contributed by atoms with Gasteiger partial charge in [0.2, 0.25) is 0 Å². The average Bonchev–Trinajstić information content (AvgIpc) is 3.19. The first-order valence-electron chi connectivity index (χ1n) is 11.9. The molecule has 36 heavy (non-hydrogen) atoms. The van der Waals surface area contributed by atoms with Crippen molar-refractivity contribution in [2.45, 2.75) is 26.8 Å². The Labute approximate surface area is 208 Å². The maximum Gasteiger partial charge on any atom is 0.277 e. The molecule has 1 aliphatic rings. The van der Waals surface area contributed by atoms with Crippen LogP contribution in [0.2, 0.25) is 0 Å². The van der Waals surface area contributed by atoms with Crippen molar-refractivity contribution in [2.75, 3.05) is 39.8 Å². The predicted octanol–water partition coefficient (Wildman–Crippen LogP) is 0.425. The summed E-state index contributed by atoms with van der Waals surface area (Å²) in [5.74, 6) is -0.354. The third-order valence-corrected chi connectivity index (χ3v) is 6.19. The topological polar surface area (TPSA) is 136 Å². The zero-order valence-electron chi connectivity index (χ0n) is 20.7. The molecule has 4 rings (SSSR count). The standard InChI is InChI=1S/C25H31N7O4/c1-16-14-17(2)28-25(27-16)32-24(36)20(8-13-33)21(29-32)22(34)26-15-18-4-6-19(7-5-18)23(35)31-11-9-30(3)10-12-31/h4-7,14,29,33H,8-13,15H2,1-3H3,(H,26,34). The van der Waals surface area contributed by atoms with E-state index in [4.69, 9.17) is 0 Å². The van der Waals surface area contributed by atoms with Crippen LogP contribution in [0.3, 0.4) is 0 Å². The summed E-state index contributed by atoms with van der Waals surface area (Å²) in [6, 6.07) is 8.90. The highest BCUT2D eigenvalue weighted by Gasteiger charge is 2.22. The van der Waals surface area contributed by atoms with Crippen LogP contribution in [0.25, 0.3) is 5.95 Å². The van der Waals surface area contributed by atoms with E-state index < -0.39 is 11.5 Å². The Morgan fingerprint density at radius 3 is 2.31 bits per heavy atom. The van der Waals surface area contributed by atoms with Crippen molar-refractivity contribution in [3.8, 4) is 5.95 Å². The Hall–Kier alpha value is -3.83. The van der Waals surface area contributed by atoms with Crippen molar-refractivity contribution in [1.82, 2.24) is 34.9 Å². The van der Waals surface area contributed by atoms with E-state index in [1.54, 1.807) is 44.2 Å². The summed E-state index contributed by atoms with van der Waals surface area (Å²) in [4.78, 5) is 51.3. The van der Waals surface area contributed by atoms with Gasteiger partial charge in [0.1, 0.15) is 5.69 Å². The number of rotatable bonds is 7. The van der Waals surface area contributed by atoms with Gasteiger partial charge >= 0.3 is 0 Å². The van der Waals surface area contributed by atoms with E-state index in [9.17, 15) is 19.5 Å². The number of aryl methyl sites for hydroxylation is 2. The van der Waals surface area contributed by atoms with Crippen LogP contribution in [-0.4, -0.2) is 86.3 Å². The summed E-state index contributed by atoms with van der Waals surface area (Å²) >= 11 is 0. The summed E-state index contributed by atoms with van der Waals surface area (Å²) in [5, 5.41) is 15.1. The molecule has 2 aromatic heterocycles. The SMILES string of the molecule is Cc1cc(C)nc(-n2[nH]c(C(=O)NCc3ccc(C(=O)N4CCN(C)CC4)cc3)c(CCO)c2=O)n1. The molecule has 1 aliphatic heterocycles. The number of aromatic nitrogens is 4. The normalized spacial score (nSPS) is 14.2. The average molecular weight is 494 g/mol. The fraction of sp³-hybridized carbons (Fsp3) is 0.400. The number of likely N-dealkylation sites (N-methyl/N-ethyl adjacent to an activating group) is 1. The van der Waals surface area contributed by atoms with Gasteiger partial charge in [0, 0.05) is 62.7 Å². The molecule has 0 bridgehead atoms. The second kappa shape index (κ2) is 10.8. The van der Waals surface area contributed by atoms with E-state index in [0.717, 1.165) is 23.3 Å². The van der Waals surface area contributed by atoms with Crippen molar-refractivity contribution in [3.05, 3.63) is 74.5 Å². The van der Waals surface area contributed by atoms with Gasteiger partial charge in [-0.05, 0) is 44.7 Å². The van der Waals surface area contributed by atoms with E-state index in [-0.39, 0.29) is 42.7 Å². The number of carbonyl (C=O) groups is 2. The van der Waals surface area contributed by atoms with Gasteiger partial charge < -0.3 is 20.2 Å².